The molecule has 5 nitrogen and oxygen atoms in total. The van der Waals surface area contributed by atoms with Crippen molar-refractivity contribution in [3.63, 3.8) is 0 Å². The van der Waals surface area contributed by atoms with Crippen LogP contribution in [0.4, 0.5) is 4.79 Å². The summed E-state index contributed by atoms with van der Waals surface area (Å²) in [7, 11) is 0. The van der Waals surface area contributed by atoms with Crippen molar-refractivity contribution >= 4 is 12.1 Å². The fourth-order valence-electron chi connectivity index (χ4n) is 3.27. The Bertz CT molecular complexity index is 360. The average molecular weight is 255 g/mol. The van der Waals surface area contributed by atoms with Gasteiger partial charge in [-0.1, -0.05) is 6.42 Å². The highest BCUT2D eigenvalue weighted by molar-refractivity contribution is 5.76. The maximum absolute atomic E-state index is 11.7. The number of carbonyl (C=O) groups excluding carboxylic acids is 1. The molecule has 0 aromatic heterocycles. The molecule has 1 amide bonds. The lowest BCUT2D eigenvalue weighted by Crippen LogP contribution is -2.61. The van der Waals surface area contributed by atoms with Gasteiger partial charge in [0.05, 0.1) is 5.92 Å². The van der Waals surface area contributed by atoms with Gasteiger partial charge in [-0.2, -0.15) is 0 Å². The van der Waals surface area contributed by atoms with Crippen LogP contribution in [0.25, 0.3) is 0 Å². The summed E-state index contributed by atoms with van der Waals surface area (Å²) in [6, 6.07) is -0.259. The van der Waals surface area contributed by atoms with E-state index in [4.69, 9.17) is 4.74 Å². The van der Waals surface area contributed by atoms with Gasteiger partial charge in [0.1, 0.15) is 5.60 Å². The summed E-state index contributed by atoms with van der Waals surface area (Å²) in [4.78, 5) is 22.9. The molecule has 2 rings (SSSR count). The number of alkyl carbamates (subject to hydrolysis) is 1. The first-order chi connectivity index (χ1) is 8.29. The highest BCUT2D eigenvalue weighted by Crippen LogP contribution is 2.51. The summed E-state index contributed by atoms with van der Waals surface area (Å²) < 4.78 is 5.18. The zero-order valence-corrected chi connectivity index (χ0v) is 11.1. The molecule has 2 fully saturated rings. The molecule has 2 N–H and O–H groups in total. The highest BCUT2D eigenvalue weighted by Gasteiger charge is 2.56. The lowest BCUT2D eigenvalue weighted by molar-refractivity contribution is -0.153. The maximum Gasteiger partial charge on any atom is 0.407 e. The summed E-state index contributed by atoms with van der Waals surface area (Å²) in [5.41, 5.74) is -0.554. The number of aliphatic carboxylic acids is 1. The van der Waals surface area contributed by atoms with Gasteiger partial charge in [-0.15, -0.1) is 0 Å². The minimum Gasteiger partial charge on any atom is -0.481 e. The summed E-state index contributed by atoms with van der Waals surface area (Å²) in [6.07, 6.45) is 2.53. The van der Waals surface area contributed by atoms with Crippen LogP contribution in [0.2, 0.25) is 0 Å². The zero-order chi connectivity index (χ0) is 13.5. The van der Waals surface area contributed by atoms with Gasteiger partial charge < -0.3 is 15.2 Å². The van der Waals surface area contributed by atoms with Crippen LogP contribution in [0.1, 0.15) is 40.0 Å². The van der Waals surface area contributed by atoms with Crippen molar-refractivity contribution in [1.29, 1.82) is 0 Å². The van der Waals surface area contributed by atoms with Crippen LogP contribution < -0.4 is 5.32 Å². The van der Waals surface area contributed by atoms with E-state index in [2.05, 4.69) is 5.32 Å². The van der Waals surface area contributed by atoms with Gasteiger partial charge >= 0.3 is 12.1 Å². The minimum atomic E-state index is -0.806. The molecule has 0 aliphatic heterocycles. The molecule has 0 bridgehead atoms. The van der Waals surface area contributed by atoms with Gasteiger partial charge in [-0.25, -0.2) is 4.79 Å². The van der Waals surface area contributed by atoms with Crippen LogP contribution in [-0.4, -0.2) is 28.8 Å². The summed E-state index contributed by atoms with van der Waals surface area (Å²) >= 11 is 0. The Morgan fingerprint density at radius 1 is 1.22 bits per heavy atom. The van der Waals surface area contributed by atoms with Crippen molar-refractivity contribution in [2.45, 2.75) is 51.7 Å². The second kappa shape index (κ2) is 4.44. The summed E-state index contributed by atoms with van der Waals surface area (Å²) in [6.45, 7) is 5.38. The number of amides is 1. The molecule has 0 radical (unpaired) electrons. The third-order valence-corrected chi connectivity index (χ3v) is 3.90. The highest BCUT2D eigenvalue weighted by atomic mass is 16.6. The van der Waals surface area contributed by atoms with E-state index in [0.717, 1.165) is 19.3 Å². The number of hydrogen-bond acceptors (Lipinski definition) is 3. The molecule has 0 unspecified atom stereocenters. The number of carboxylic acids is 1. The second-order valence-electron chi connectivity index (χ2n) is 6.29. The number of fused-ring (bicyclic) bond motifs is 1. The third kappa shape index (κ3) is 2.44. The molecule has 2 aliphatic rings. The first kappa shape index (κ1) is 13.2. The Balaban J connectivity index is 1.96. The number of hydrogen-bond donors (Lipinski definition) is 2. The lowest BCUT2D eigenvalue weighted by Gasteiger charge is -2.46. The largest absolute Gasteiger partial charge is 0.481 e. The Hall–Kier alpha value is -1.26. The quantitative estimate of drug-likeness (QED) is 0.791. The van der Waals surface area contributed by atoms with Gasteiger partial charge in [0, 0.05) is 6.04 Å². The van der Waals surface area contributed by atoms with E-state index < -0.39 is 23.6 Å². The Morgan fingerprint density at radius 2 is 1.83 bits per heavy atom. The first-order valence-corrected chi connectivity index (χ1v) is 6.52. The van der Waals surface area contributed by atoms with E-state index >= 15 is 0 Å². The second-order valence-corrected chi connectivity index (χ2v) is 6.29. The molecule has 0 aromatic rings. The van der Waals surface area contributed by atoms with E-state index in [1.165, 1.54) is 0 Å². The fraction of sp³-hybridized carbons (Fsp3) is 0.846. The zero-order valence-electron chi connectivity index (χ0n) is 11.1. The van der Waals surface area contributed by atoms with E-state index in [0.29, 0.717) is 5.92 Å². The van der Waals surface area contributed by atoms with Gasteiger partial charge in [-0.05, 0) is 45.4 Å². The molecule has 102 valence electrons. The number of carbonyl (C=O) groups is 2. The first-order valence-electron chi connectivity index (χ1n) is 6.52. The Kier molecular flexibility index (Phi) is 3.25. The Morgan fingerprint density at radius 3 is 2.39 bits per heavy atom. The molecular formula is C13H21NO4. The van der Waals surface area contributed by atoms with Crippen LogP contribution >= 0.6 is 0 Å². The van der Waals surface area contributed by atoms with Crippen LogP contribution in [0.5, 0.6) is 0 Å². The minimum absolute atomic E-state index is 0.238. The topological polar surface area (TPSA) is 75.6 Å². The Labute approximate surface area is 107 Å². The number of ether oxygens (including phenoxy) is 1. The standard InChI is InChI=1S/C13H21NO4/c1-13(2,3)18-12(17)14-10-8-6-4-5-7(8)9(10)11(15)16/h7-10H,4-6H2,1-3H3,(H,14,17)(H,15,16)/t7-,8+,9-,10-/m0/s1. The molecule has 2 saturated carbocycles. The van der Waals surface area contributed by atoms with Crippen LogP contribution in [0, 0.1) is 17.8 Å². The van der Waals surface area contributed by atoms with E-state index in [9.17, 15) is 14.7 Å². The lowest BCUT2D eigenvalue weighted by atomic mass is 9.62. The van der Waals surface area contributed by atoms with E-state index in [1.807, 2.05) is 0 Å². The normalized spacial score (nSPS) is 34.4. The average Bonchev–Trinajstić information content (AvgIpc) is 2.54. The molecule has 4 atom stereocenters. The van der Waals surface area contributed by atoms with Gasteiger partial charge in [0.15, 0.2) is 0 Å². The van der Waals surface area contributed by atoms with Crippen molar-refractivity contribution in [3.8, 4) is 0 Å². The molecule has 0 spiro atoms. The predicted molar refractivity (Wildman–Crippen MR) is 65.1 cm³/mol. The van der Waals surface area contributed by atoms with Crippen LogP contribution in [-0.2, 0) is 9.53 Å². The van der Waals surface area contributed by atoms with Crippen molar-refractivity contribution in [2.75, 3.05) is 0 Å². The number of carboxylic acid groups (broad SMARTS) is 1. The smallest absolute Gasteiger partial charge is 0.407 e. The van der Waals surface area contributed by atoms with Gasteiger partial charge in [0.25, 0.3) is 0 Å². The van der Waals surface area contributed by atoms with Crippen molar-refractivity contribution in [3.05, 3.63) is 0 Å². The predicted octanol–water partition coefficient (Wildman–Crippen LogP) is 2.01. The number of nitrogens with one attached hydrogen (secondary N) is 1. The van der Waals surface area contributed by atoms with Crippen molar-refractivity contribution in [1.82, 2.24) is 5.32 Å². The fourth-order valence-corrected chi connectivity index (χ4v) is 3.27. The monoisotopic (exact) mass is 255 g/mol. The van der Waals surface area contributed by atoms with Gasteiger partial charge in [-0.3, -0.25) is 4.79 Å². The number of rotatable bonds is 2. The molecule has 2 aliphatic carbocycles. The summed E-state index contributed by atoms with van der Waals surface area (Å²) in [5, 5.41) is 11.9. The van der Waals surface area contributed by atoms with E-state index in [-0.39, 0.29) is 12.0 Å². The molecule has 18 heavy (non-hydrogen) atoms. The summed E-state index contributed by atoms with van der Waals surface area (Å²) in [5.74, 6) is -0.690. The molecular weight excluding hydrogens is 234 g/mol. The van der Waals surface area contributed by atoms with Gasteiger partial charge in [0.2, 0.25) is 0 Å². The maximum atomic E-state index is 11.7. The molecule has 5 heteroatoms. The van der Waals surface area contributed by atoms with Crippen LogP contribution in [0.3, 0.4) is 0 Å². The molecule has 0 aromatic carbocycles. The molecule has 0 saturated heterocycles. The van der Waals surface area contributed by atoms with Crippen molar-refractivity contribution in [2.24, 2.45) is 17.8 Å². The van der Waals surface area contributed by atoms with Crippen molar-refractivity contribution < 1.29 is 19.4 Å². The van der Waals surface area contributed by atoms with E-state index in [1.54, 1.807) is 20.8 Å². The molecule has 0 heterocycles. The SMILES string of the molecule is CC(C)(C)OC(=O)N[C@H]1[C@@H]2CCC[C@@H]2[C@@H]1C(=O)O. The third-order valence-electron chi connectivity index (χ3n) is 3.90. The van der Waals surface area contributed by atoms with Crippen LogP contribution in [0.15, 0.2) is 0 Å².